The Hall–Kier alpha value is -2.14. The van der Waals surface area contributed by atoms with E-state index in [1.807, 2.05) is 54.3 Å². The Kier molecular flexibility index (Phi) is 4.35. The Morgan fingerprint density at radius 1 is 1.38 bits per heavy atom. The fourth-order valence-electron chi connectivity index (χ4n) is 4.45. The number of nitrogens with zero attached hydrogens (tertiary/aromatic N) is 1. The van der Waals surface area contributed by atoms with Crippen LogP contribution in [0.15, 0.2) is 42.5 Å². The molecule has 0 unspecified atom stereocenters. The summed E-state index contributed by atoms with van der Waals surface area (Å²) in [5.41, 5.74) is 0.400. The molecule has 5 nitrogen and oxygen atoms in total. The van der Waals surface area contributed by atoms with E-state index in [0.717, 1.165) is 18.4 Å². The molecule has 0 aromatic heterocycles. The molecule has 1 aromatic rings. The zero-order chi connectivity index (χ0) is 18.3. The molecule has 2 saturated heterocycles. The SMILES string of the molecule is CCCCOC(=O)[C@@H]1[C@H]2C(=O)N([C@@H](C)c3ccccc3)C[C@]23C=C[C@H]1O3. The van der Waals surface area contributed by atoms with Gasteiger partial charge in [0, 0.05) is 0 Å². The number of hydrogen-bond acceptors (Lipinski definition) is 4. The van der Waals surface area contributed by atoms with Crippen molar-refractivity contribution in [3.05, 3.63) is 48.0 Å². The monoisotopic (exact) mass is 355 g/mol. The average molecular weight is 355 g/mol. The van der Waals surface area contributed by atoms with Gasteiger partial charge in [0.25, 0.3) is 0 Å². The van der Waals surface area contributed by atoms with Gasteiger partial charge in [0.05, 0.1) is 31.2 Å². The van der Waals surface area contributed by atoms with Crippen LogP contribution in [0.25, 0.3) is 0 Å². The van der Waals surface area contributed by atoms with Crippen molar-refractivity contribution in [3.63, 3.8) is 0 Å². The highest BCUT2D eigenvalue weighted by molar-refractivity contribution is 5.91. The van der Waals surface area contributed by atoms with Crippen molar-refractivity contribution in [2.45, 2.75) is 44.4 Å². The number of esters is 1. The van der Waals surface area contributed by atoms with Crippen LogP contribution in [-0.2, 0) is 19.1 Å². The lowest BCUT2D eigenvalue weighted by molar-refractivity contribution is -0.154. The molecule has 5 atom stereocenters. The van der Waals surface area contributed by atoms with Crippen molar-refractivity contribution in [1.82, 2.24) is 4.90 Å². The molecule has 26 heavy (non-hydrogen) atoms. The van der Waals surface area contributed by atoms with E-state index in [1.54, 1.807) is 0 Å². The molecule has 0 saturated carbocycles. The van der Waals surface area contributed by atoms with Gasteiger partial charge in [-0.1, -0.05) is 55.8 Å². The molecule has 1 aromatic carbocycles. The van der Waals surface area contributed by atoms with Crippen LogP contribution in [0, 0.1) is 11.8 Å². The summed E-state index contributed by atoms with van der Waals surface area (Å²) in [5.74, 6) is -1.32. The zero-order valence-corrected chi connectivity index (χ0v) is 15.3. The van der Waals surface area contributed by atoms with Gasteiger partial charge >= 0.3 is 5.97 Å². The van der Waals surface area contributed by atoms with Crippen molar-refractivity contribution in [3.8, 4) is 0 Å². The van der Waals surface area contributed by atoms with E-state index in [2.05, 4.69) is 6.92 Å². The highest BCUT2D eigenvalue weighted by Gasteiger charge is 2.67. The molecule has 3 aliphatic rings. The summed E-state index contributed by atoms with van der Waals surface area (Å²) >= 11 is 0. The molecule has 0 N–H and O–H groups in total. The van der Waals surface area contributed by atoms with Gasteiger partial charge < -0.3 is 14.4 Å². The van der Waals surface area contributed by atoms with E-state index in [0.29, 0.717) is 13.2 Å². The van der Waals surface area contributed by atoms with Gasteiger partial charge in [0.2, 0.25) is 5.91 Å². The van der Waals surface area contributed by atoms with Gasteiger partial charge in [0.15, 0.2) is 0 Å². The number of ether oxygens (including phenoxy) is 2. The van der Waals surface area contributed by atoms with Gasteiger partial charge in [-0.05, 0) is 18.9 Å². The molecule has 2 bridgehead atoms. The summed E-state index contributed by atoms with van der Waals surface area (Å²) in [6.45, 7) is 4.96. The maximum Gasteiger partial charge on any atom is 0.312 e. The third-order valence-corrected chi connectivity index (χ3v) is 5.89. The molecule has 2 fully saturated rings. The van der Waals surface area contributed by atoms with Gasteiger partial charge in [-0.15, -0.1) is 0 Å². The van der Waals surface area contributed by atoms with Crippen LogP contribution in [0.2, 0.25) is 0 Å². The lowest BCUT2D eigenvalue weighted by atomic mass is 9.77. The quantitative estimate of drug-likeness (QED) is 0.447. The van der Waals surface area contributed by atoms with E-state index in [-0.39, 0.29) is 24.0 Å². The lowest BCUT2D eigenvalue weighted by Crippen LogP contribution is -2.40. The first-order valence-corrected chi connectivity index (χ1v) is 9.46. The predicted molar refractivity (Wildman–Crippen MR) is 96.2 cm³/mol. The Morgan fingerprint density at radius 3 is 2.88 bits per heavy atom. The summed E-state index contributed by atoms with van der Waals surface area (Å²) in [6, 6.07) is 9.90. The summed E-state index contributed by atoms with van der Waals surface area (Å²) in [5, 5.41) is 0. The molecule has 4 rings (SSSR count). The Balaban J connectivity index is 1.56. The second kappa shape index (κ2) is 6.54. The molecule has 1 spiro atoms. The van der Waals surface area contributed by atoms with Gasteiger partial charge in [-0.25, -0.2) is 0 Å². The number of carbonyl (C=O) groups excluding carboxylic acids is 2. The number of fused-ring (bicyclic) bond motifs is 1. The van der Waals surface area contributed by atoms with E-state index < -0.39 is 17.4 Å². The standard InChI is InChI=1S/C21H25NO4/c1-3-4-12-25-20(24)17-16-10-11-21(26-16)13-22(19(23)18(17)21)14(2)15-8-6-5-7-9-15/h5-11,14,16-18H,3-4,12-13H2,1-2H3/t14-,16+,17-,18-,21+/m0/s1. The third-order valence-electron chi connectivity index (χ3n) is 5.89. The number of rotatable bonds is 6. The predicted octanol–water partition coefficient (Wildman–Crippen LogP) is 2.87. The maximum atomic E-state index is 13.2. The second-order valence-electron chi connectivity index (χ2n) is 7.47. The summed E-state index contributed by atoms with van der Waals surface area (Å²) in [4.78, 5) is 27.7. The zero-order valence-electron chi connectivity index (χ0n) is 15.3. The molecule has 0 aliphatic carbocycles. The largest absolute Gasteiger partial charge is 0.465 e. The number of hydrogen-bond donors (Lipinski definition) is 0. The first-order valence-electron chi connectivity index (χ1n) is 9.46. The van der Waals surface area contributed by atoms with Crippen LogP contribution in [-0.4, -0.2) is 41.6 Å². The van der Waals surface area contributed by atoms with Gasteiger partial charge in [-0.2, -0.15) is 0 Å². The molecule has 138 valence electrons. The van der Waals surface area contributed by atoms with Crippen molar-refractivity contribution in [2.24, 2.45) is 11.8 Å². The van der Waals surface area contributed by atoms with Crippen LogP contribution < -0.4 is 0 Å². The number of unbranched alkanes of at least 4 members (excludes halogenated alkanes) is 1. The Labute approximate surface area is 154 Å². The molecule has 3 aliphatic heterocycles. The van der Waals surface area contributed by atoms with Crippen molar-refractivity contribution in [1.29, 1.82) is 0 Å². The van der Waals surface area contributed by atoms with Gasteiger partial charge in [0.1, 0.15) is 11.5 Å². The van der Waals surface area contributed by atoms with Crippen LogP contribution in [0.1, 0.15) is 38.3 Å². The van der Waals surface area contributed by atoms with Crippen molar-refractivity contribution in [2.75, 3.05) is 13.2 Å². The highest BCUT2D eigenvalue weighted by atomic mass is 16.6. The highest BCUT2D eigenvalue weighted by Crippen LogP contribution is 2.53. The molecule has 1 amide bonds. The molecule has 3 heterocycles. The Bertz CT molecular complexity index is 731. The number of amides is 1. The summed E-state index contributed by atoms with van der Waals surface area (Å²) in [7, 11) is 0. The summed E-state index contributed by atoms with van der Waals surface area (Å²) in [6.07, 6.45) is 5.36. The molecule has 0 radical (unpaired) electrons. The second-order valence-corrected chi connectivity index (χ2v) is 7.47. The third kappa shape index (κ3) is 2.57. The number of benzene rings is 1. The van der Waals surface area contributed by atoms with Crippen molar-refractivity contribution >= 4 is 11.9 Å². The van der Waals surface area contributed by atoms with Gasteiger partial charge in [-0.3, -0.25) is 9.59 Å². The fourth-order valence-corrected chi connectivity index (χ4v) is 4.45. The maximum absolute atomic E-state index is 13.2. The summed E-state index contributed by atoms with van der Waals surface area (Å²) < 4.78 is 11.6. The van der Waals surface area contributed by atoms with Crippen LogP contribution in [0.3, 0.4) is 0 Å². The minimum atomic E-state index is -0.681. The van der Waals surface area contributed by atoms with Crippen LogP contribution in [0.5, 0.6) is 0 Å². The Morgan fingerprint density at radius 2 is 2.15 bits per heavy atom. The van der Waals surface area contributed by atoms with Crippen LogP contribution in [0.4, 0.5) is 0 Å². The average Bonchev–Trinajstić information content (AvgIpc) is 3.30. The van der Waals surface area contributed by atoms with Crippen molar-refractivity contribution < 1.29 is 19.1 Å². The first kappa shape index (κ1) is 17.3. The topological polar surface area (TPSA) is 55.8 Å². The smallest absolute Gasteiger partial charge is 0.312 e. The first-order chi connectivity index (χ1) is 12.6. The molecular weight excluding hydrogens is 330 g/mol. The number of carbonyl (C=O) groups is 2. The van der Waals surface area contributed by atoms with Crippen LogP contribution >= 0.6 is 0 Å². The van der Waals surface area contributed by atoms with E-state index in [1.165, 1.54) is 0 Å². The minimum absolute atomic E-state index is 0.00866. The minimum Gasteiger partial charge on any atom is -0.465 e. The normalized spacial score (nSPS) is 32.8. The van der Waals surface area contributed by atoms with E-state index in [4.69, 9.17) is 9.47 Å². The number of likely N-dealkylation sites (tertiary alicyclic amines) is 1. The van der Waals surface area contributed by atoms with E-state index >= 15 is 0 Å². The molecular formula is C21H25NO4. The lowest BCUT2D eigenvalue weighted by Gasteiger charge is -2.27. The van der Waals surface area contributed by atoms with E-state index in [9.17, 15) is 9.59 Å². The fraction of sp³-hybridized carbons (Fsp3) is 0.524. The molecule has 5 heteroatoms.